The summed E-state index contributed by atoms with van der Waals surface area (Å²) in [5.74, 6) is 0.149. The molecule has 0 aromatic heterocycles. The second-order valence-corrected chi connectivity index (χ2v) is 7.29. The number of rotatable bonds is 6. The average Bonchev–Trinajstić information content (AvgIpc) is 2.47. The van der Waals surface area contributed by atoms with E-state index in [9.17, 15) is 4.79 Å². The summed E-state index contributed by atoms with van der Waals surface area (Å²) in [6, 6.07) is 10.9. The van der Waals surface area contributed by atoms with Crippen molar-refractivity contribution < 1.29 is 9.53 Å². The molecule has 0 saturated carbocycles. The molecule has 1 aromatic carbocycles. The average molecular weight is 318 g/mol. The van der Waals surface area contributed by atoms with Crippen molar-refractivity contribution >= 4 is 5.91 Å². The Balaban J connectivity index is 1.85. The Bertz CT molecular complexity index is 499. The summed E-state index contributed by atoms with van der Waals surface area (Å²) < 4.78 is 5.71. The van der Waals surface area contributed by atoms with Crippen LogP contribution in [0.1, 0.15) is 51.1 Å². The van der Waals surface area contributed by atoms with E-state index in [-0.39, 0.29) is 23.6 Å². The van der Waals surface area contributed by atoms with Crippen LogP contribution in [-0.4, -0.2) is 43.2 Å². The SMILES string of the molecule is CN(C)[C@@H](CCC(=O)N[C@H]1CCOC(C)(C)C1)c1ccccc1. The van der Waals surface area contributed by atoms with E-state index in [1.54, 1.807) is 0 Å². The zero-order chi connectivity index (χ0) is 16.9. The van der Waals surface area contributed by atoms with Gasteiger partial charge in [0.2, 0.25) is 5.91 Å². The minimum atomic E-state index is -0.133. The lowest BCUT2D eigenvalue weighted by Crippen LogP contribution is -2.45. The molecule has 2 rings (SSSR count). The maximum atomic E-state index is 12.3. The van der Waals surface area contributed by atoms with Gasteiger partial charge in [0.15, 0.2) is 0 Å². The van der Waals surface area contributed by atoms with Crippen LogP contribution in [0.15, 0.2) is 30.3 Å². The number of ether oxygens (including phenoxy) is 1. The smallest absolute Gasteiger partial charge is 0.220 e. The lowest BCUT2D eigenvalue weighted by Gasteiger charge is -2.36. The molecular weight excluding hydrogens is 288 g/mol. The third-order valence-corrected chi connectivity index (χ3v) is 4.51. The number of amides is 1. The van der Waals surface area contributed by atoms with Gasteiger partial charge in [-0.15, -0.1) is 0 Å². The standard InChI is InChI=1S/C19H30N2O2/c1-19(2)14-16(12-13-23-19)20-18(22)11-10-17(21(3)4)15-8-6-5-7-9-15/h5-9,16-17H,10-14H2,1-4H3,(H,20,22)/t16-,17-/m0/s1. The molecule has 1 saturated heterocycles. The molecule has 0 spiro atoms. The van der Waals surface area contributed by atoms with Gasteiger partial charge in [0.25, 0.3) is 0 Å². The van der Waals surface area contributed by atoms with Crippen LogP contribution in [0, 0.1) is 0 Å². The summed E-state index contributed by atoms with van der Waals surface area (Å²) in [6.45, 7) is 4.90. The first-order valence-corrected chi connectivity index (χ1v) is 8.52. The van der Waals surface area contributed by atoms with Crippen LogP contribution in [0.4, 0.5) is 0 Å². The normalized spacial score (nSPS) is 21.9. The first-order chi connectivity index (χ1) is 10.9. The number of nitrogens with zero attached hydrogens (tertiary/aromatic N) is 1. The van der Waals surface area contributed by atoms with E-state index < -0.39 is 0 Å². The Morgan fingerprint density at radius 3 is 2.65 bits per heavy atom. The fourth-order valence-corrected chi connectivity index (χ4v) is 3.32. The van der Waals surface area contributed by atoms with Crippen LogP contribution in [0.25, 0.3) is 0 Å². The molecule has 2 atom stereocenters. The second-order valence-electron chi connectivity index (χ2n) is 7.29. The summed E-state index contributed by atoms with van der Waals surface area (Å²) in [7, 11) is 4.13. The molecule has 1 fully saturated rings. The lowest BCUT2D eigenvalue weighted by molar-refractivity contribution is -0.124. The van der Waals surface area contributed by atoms with Crippen LogP contribution < -0.4 is 5.32 Å². The van der Waals surface area contributed by atoms with Gasteiger partial charge in [-0.1, -0.05) is 30.3 Å². The molecule has 1 heterocycles. The van der Waals surface area contributed by atoms with Crippen molar-refractivity contribution in [3.63, 3.8) is 0 Å². The number of hydrogen-bond acceptors (Lipinski definition) is 3. The van der Waals surface area contributed by atoms with E-state index in [1.807, 2.05) is 6.07 Å². The number of nitrogens with one attached hydrogen (secondary N) is 1. The lowest BCUT2D eigenvalue weighted by atomic mass is 9.93. The van der Waals surface area contributed by atoms with Crippen molar-refractivity contribution in [1.82, 2.24) is 10.2 Å². The largest absolute Gasteiger partial charge is 0.375 e. The third kappa shape index (κ3) is 5.63. The van der Waals surface area contributed by atoms with Gasteiger partial charge < -0.3 is 15.0 Å². The van der Waals surface area contributed by atoms with Crippen molar-refractivity contribution in [3.8, 4) is 0 Å². The van der Waals surface area contributed by atoms with Crippen molar-refractivity contribution in [1.29, 1.82) is 0 Å². The minimum absolute atomic E-state index is 0.133. The summed E-state index contributed by atoms with van der Waals surface area (Å²) in [4.78, 5) is 14.5. The van der Waals surface area contributed by atoms with Crippen LogP contribution >= 0.6 is 0 Å². The molecule has 0 radical (unpaired) electrons. The summed E-state index contributed by atoms with van der Waals surface area (Å²) in [6.07, 6.45) is 3.17. The molecule has 1 aliphatic rings. The van der Waals surface area contributed by atoms with E-state index >= 15 is 0 Å². The Hall–Kier alpha value is -1.39. The van der Waals surface area contributed by atoms with Gasteiger partial charge >= 0.3 is 0 Å². The van der Waals surface area contributed by atoms with E-state index in [1.165, 1.54) is 5.56 Å². The highest BCUT2D eigenvalue weighted by atomic mass is 16.5. The first kappa shape index (κ1) is 18.0. The van der Waals surface area contributed by atoms with Gasteiger partial charge in [0.1, 0.15) is 0 Å². The predicted molar refractivity (Wildman–Crippen MR) is 93.3 cm³/mol. The first-order valence-electron chi connectivity index (χ1n) is 8.52. The minimum Gasteiger partial charge on any atom is -0.375 e. The molecule has 0 aliphatic carbocycles. The molecule has 4 nitrogen and oxygen atoms in total. The van der Waals surface area contributed by atoms with Crippen LogP contribution in [0.2, 0.25) is 0 Å². The third-order valence-electron chi connectivity index (χ3n) is 4.51. The van der Waals surface area contributed by atoms with E-state index in [2.05, 4.69) is 62.4 Å². The molecule has 0 unspecified atom stereocenters. The molecule has 1 amide bonds. The van der Waals surface area contributed by atoms with Crippen LogP contribution in [-0.2, 0) is 9.53 Å². The molecular formula is C19H30N2O2. The maximum Gasteiger partial charge on any atom is 0.220 e. The number of benzene rings is 1. The Kier molecular flexibility index (Phi) is 6.19. The molecule has 1 aliphatic heterocycles. The summed E-state index contributed by atoms with van der Waals surface area (Å²) in [5.41, 5.74) is 1.13. The number of carbonyl (C=O) groups excluding carboxylic acids is 1. The van der Waals surface area contributed by atoms with Crippen molar-refractivity contribution in [2.24, 2.45) is 0 Å². The van der Waals surface area contributed by atoms with Gasteiger partial charge in [-0.25, -0.2) is 0 Å². The summed E-state index contributed by atoms with van der Waals surface area (Å²) >= 11 is 0. The molecule has 0 bridgehead atoms. The van der Waals surface area contributed by atoms with Crippen LogP contribution in [0.3, 0.4) is 0 Å². The monoisotopic (exact) mass is 318 g/mol. The fourth-order valence-electron chi connectivity index (χ4n) is 3.32. The van der Waals surface area contributed by atoms with Gasteiger partial charge in [-0.3, -0.25) is 4.79 Å². The zero-order valence-corrected chi connectivity index (χ0v) is 14.8. The molecule has 23 heavy (non-hydrogen) atoms. The predicted octanol–water partition coefficient (Wildman–Crippen LogP) is 3.14. The van der Waals surface area contributed by atoms with E-state index in [0.29, 0.717) is 6.42 Å². The topological polar surface area (TPSA) is 41.6 Å². The van der Waals surface area contributed by atoms with Crippen molar-refractivity contribution in [3.05, 3.63) is 35.9 Å². The van der Waals surface area contributed by atoms with Crippen molar-refractivity contribution in [2.45, 2.75) is 57.2 Å². The summed E-state index contributed by atoms with van der Waals surface area (Å²) in [5, 5.41) is 3.18. The molecule has 1 N–H and O–H groups in total. The van der Waals surface area contributed by atoms with E-state index in [0.717, 1.165) is 25.9 Å². The second kappa shape index (κ2) is 7.93. The van der Waals surface area contributed by atoms with Gasteiger partial charge in [-0.2, -0.15) is 0 Å². The Morgan fingerprint density at radius 2 is 2.04 bits per heavy atom. The van der Waals surface area contributed by atoms with Gasteiger partial charge in [0.05, 0.1) is 5.60 Å². The highest BCUT2D eigenvalue weighted by Gasteiger charge is 2.29. The molecule has 128 valence electrons. The Morgan fingerprint density at radius 1 is 1.35 bits per heavy atom. The highest BCUT2D eigenvalue weighted by Crippen LogP contribution is 2.25. The maximum absolute atomic E-state index is 12.3. The van der Waals surface area contributed by atoms with Gasteiger partial charge in [0, 0.05) is 25.1 Å². The fraction of sp³-hybridized carbons (Fsp3) is 0.632. The van der Waals surface area contributed by atoms with Crippen LogP contribution in [0.5, 0.6) is 0 Å². The Labute approximate surface area is 140 Å². The quantitative estimate of drug-likeness (QED) is 0.876. The van der Waals surface area contributed by atoms with Gasteiger partial charge in [-0.05, 0) is 52.8 Å². The zero-order valence-electron chi connectivity index (χ0n) is 14.8. The number of carbonyl (C=O) groups is 1. The highest BCUT2D eigenvalue weighted by molar-refractivity contribution is 5.76. The van der Waals surface area contributed by atoms with Crippen molar-refractivity contribution in [2.75, 3.05) is 20.7 Å². The van der Waals surface area contributed by atoms with E-state index in [4.69, 9.17) is 4.74 Å². The number of hydrogen-bond donors (Lipinski definition) is 1. The molecule has 4 heteroatoms. The molecule has 1 aromatic rings.